The van der Waals surface area contributed by atoms with Gasteiger partial charge in [0.15, 0.2) is 0 Å². The van der Waals surface area contributed by atoms with Crippen molar-refractivity contribution in [1.82, 2.24) is 0 Å². The molecular formula is C17H17Cl2NO4S. The first-order valence-corrected chi connectivity index (χ1v) is 9.55. The first kappa shape index (κ1) is 19.6. The van der Waals surface area contributed by atoms with Crippen LogP contribution >= 0.6 is 23.2 Å². The minimum atomic E-state index is -4.25. The molecule has 0 amide bonds. The van der Waals surface area contributed by atoms with Crippen molar-refractivity contribution in [3.8, 4) is 0 Å². The number of aliphatic carboxylic acids is 1. The van der Waals surface area contributed by atoms with E-state index in [1.54, 1.807) is 26.0 Å². The lowest BCUT2D eigenvalue weighted by Crippen LogP contribution is -2.44. The van der Waals surface area contributed by atoms with Crippen molar-refractivity contribution in [2.45, 2.75) is 31.7 Å². The van der Waals surface area contributed by atoms with Crippen molar-refractivity contribution >= 4 is 44.9 Å². The van der Waals surface area contributed by atoms with E-state index >= 15 is 0 Å². The van der Waals surface area contributed by atoms with Crippen LogP contribution in [0.5, 0.6) is 0 Å². The number of carboxylic acid groups (broad SMARTS) is 1. The zero-order chi connectivity index (χ0) is 18.9. The number of carbonyl (C=O) groups is 1. The molecule has 0 radical (unpaired) electrons. The molecular weight excluding hydrogens is 385 g/mol. The van der Waals surface area contributed by atoms with E-state index in [0.29, 0.717) is 5.56 Å². The topological polar surface area (TPSA) is 74.7 Å². The molecule has 2 rings (SSSR count). The molecule has 0 heterocycles. The summed E-state index contributed by atoms with van der Waals surface area (Å²) in [7, 11) is -4.25. The van der Waals surface area contributed by atoms with E-state index in [4.69, 9.17) is 23.2 Å². The summed E-state index contributed by atoms with van der Waals surface area (Å²) in [6.07, 6.45) is 0. The van der Waals surface area contributed by atoms with Crippen LogP contribution in [0.25, 0.3) is 0 Å². The van der Waals surface area contributed by atoms with Gasteiger partial charge in [-0.2, -0.15) is 0 Å². The lowest BCUT2D eigenvalue weighted by atomic mass is 10.1. The molecule has 1 unspecified atom stereocenters. The maximum Gasteiger partial charge on any atom is 0.327 e. The second-order valence-electron chi connectivity index (χ2n) is 5.68. The number of carboxylic acids is 1. The van der Waals surface area contributed by atoms with E-state index in [0.717, 1.165) is 9.87 Å². The van der Waals surface area contributed by atoms with Crippen LogP contribution < -0.4 is 4.31 Å². The fourth-order valence-corrected chi connectivity index (χ4v) is 4.80. The Balaban J connectivity index is 2.77. The van der Waals surface area contributed by atoms with Crippen LogP contribution in [0.4, 0.5) is 5.69 Å². The maximum atomic E-state index is 13.2. The Kier molecular flexibility index (Phi) is 5.66. The number of rotatable bonds is 5. The SMILES string of the molecule is Cc1ccc(C)c(N(C(C)C(=O)O)S(=O)(=O)c2cc(Cl)ccc2Cl)c1. The number of halogens is 2. The average molecular weight is 402 g/mol. The summed E-state index contributed by atoms with van der Waals surface area (Å²) in [6.45, 7) is 4.82. The Morgan fingerprint density at radius 2 is 1.76 bits per heavy atom. The highest BCUT2D eigenvalue weighted by Gasteiger charge is 2.35. The van der Waals surface area contributed by atoms with Crippen LogP contribution in [-0.4, -0.2) is 25.5 Å². The summed E-state index contributed by atoms with van der Waals surface area (Å²) in [5, 5.41) is 9.60. The number of benzene rings is 2. The van der Waals surface area contributed by atoms with E-state index < -0.39 is 22.0 Å². The molecule has 1 N–H and O–H groups in total. The van der Waals surface area contributed by atoms with Crippen molar-refractivity contribution in [3.63, 3.8) is 0 Å². The van der Waals surface area contributed by atoms with Gasteiger partial charge in [0.25, 0.3) is 10.0 Å². The van der Waals surface area contributed by atoms with Gasteiger partial charge in [0, 0.05) is 5.02 Å². The molecule has 0 aliphatic heterocycles. The third-order valence-electron chi connectivity index (χ3n) is 3.74. The van der Waals surface area contributed by atoms with Gasteiger partial charge in [-0.3, -0.25) is 4.31 Å². The molecule has 25 heavy (non-hydrogen) atoms. The van der Waals surface area contributed by atoms with Crippen LogP contribution in [0, 0.1) is 13.8 Å². The van der Waals surface area contributed by atoms with Crippen molar-refractivity contribution < 1.29 is 18.3 Å². The molecule has 0 aromatic heterocycles. The number of hydrogen-bond donors (Lipinski definition) is 1. The van der Waals surface area contributed by atoms with Gasteiger partial charge < -0.3 is 5.11 Å². The molecule has 0 aliphatic rings. The van der Waals surface area contributed by atoms with Gasteiger partial charge in [-0.1, -0.05) is 35.3 Å². The van der Waals surface area contributed by atoms with Crippen LogP contribution in [0.15, 0.2) is 41.3 Å². The molecule has 0 saturated heterocycles. The molecule has 134 valence electrons. The smallest absolute Gasteiger partial charge is 0.327 e. The van der Waals surface area contributed by atoms with Gasteiger partial charge in [0.05, 0.1) is 10.7 Å². The summed E-state index contributed by atoms with van der Waals surface area (Å²) in [5.74, 6) is -1.28. The molecule has 0 spiro atoms. The fourth-order valence-electron chi connectivity index (χ4n) is 2.38. The van der Waals surface area contributed by atoms with E-state index in [2.05, 4.69) is 0 Å². The van der Waals surface area contributed by atoms with Gasteiger partial charge >= 0.3 is 5.97 Å². The van der Waals surface area contributed by atoms with Crippen LogP contribution in [0.2, 0.25) is 10.0 Å². The lowest BCUT2D eigenvalue weighted by molar-refractivity contribution is -0.137. The summed E-state index contributed by atoms with van der Waals surface area (Å²) in [5.41, 5.74) is 1.71. The summed E-state index contributed by atoms with van der Waals surface area (Å²) < 4.78 is 27.3. The normalized spacial score (nSPS) is 12.7. The molecule has 0 saturated carbocycles. The molecule has 0 aliphatic carbocycles. The highest BCUT2D eigenvalue weighted by Crippen LogP contribution is 2.34. The van der Waals surface area contributed by atoms with Crippen LogP contribution in [0.1, 0.15) is 18.1 Å². The van der Waals surface area contributed by atoms with Gasteiger partial charge in [-0.15, -0.1) is 0 Å². The third kappa shape index (κ3) is 3.92. The molecule has 8 heteroatoms. The van der Waals surface area contributed by atoms with Crippen LogP contribution in [0.3, 0.4) is 0 Å². The molecule has 0 fully saturated rings. The number of anilines is 1. The average Bonchev–Trinajstić information content (AvgIpc) is 2.52. The summed E-state index contributed by atoms with van der Waals surface area (Å²) in [4.78, 5) is 11.3. The van der Waals surface area contributed by atoms with E-state index in [1.807, 2.05) is 6.07 Å². The second kappa shape index (κ2) is 7.23. The first-order valence-electron chi connectivity index (χ1n) is 7.35. The van der Waals surface area contributed by atoms with Gasteiger partial charge in [0.1, 0.15) is 10.9 Å². The third-order valence-corrected chi connectivity index (χ3v) is 6.34. The summed E-state index contributed by atoms with van der Waals surface area (Å²) in [6, 6.07) is 7.90. The Morgan fingerprint density at radius 3 is 2.36 bits per heavy atom. The molecule has 2 aromatic rings. The molecule has 2 aromatic carbocycles. The van der Waals surface area contributed by atoms with E-state index in [9.17, 15) is 18.3 Å². The van der Waals surface area contributed by atoms with Crippen molar-refractivity contribution in [2.75, 3.05) is 4.31 Å². The molecule has 5 nitrogen and oxygen atoms in total. The predicted octanol–water partition coefficient (Wildman–Crippen LogP) is 4.28. The zero-order valence-corrected chi connectivity index (χ0v) is 16.2. The van der Waals surface area contributed by atoms with E-state index in [1.165, 1.54) is 25.1 Å². The minimum absolute atomic E-state index is 0.0303. The Hall–Kier alpha value is -1.76. The van der Waals surface area contributed by atoms with Crippen molar-refractivity contribution in [2.24, 2.45) is 0 Å². The standard InChI is InChI=1S/C17H17Cl2NO4S/c1-10-4-5-11(2)15(8-10)20(12(3)17(21)22)25(23,24)16-9-13(18)6-7-14(16)19/h4-9,12H,1-3H3,(H,21,22). The molecule has 0 bridgehead atoms. The monoisotopic (exact) mass is 401 g/mol. The quantitative estimate of drug-likeness (QED) is 0.810. The van der Waals surface area contributed by atoms with Crippen molar-refractivity contribution in [3.05, 3.63) is 57.6 Å². The highest BCUT2D eigenvalue weighted by molar-refractivity contribution is 7.93. The van der Waals surface area contributed by atoms with Crippen molar-refractivity contribution in [1.29, 1.82) is 0 Å². The highest BCUT2D eigenvalue weighted by atomic mass is 35.5. The fraction of sp³-hybridized carbons (Fsp3) is 0.235. The molecule has 1 atom stereocenters. The van der Waals surface area contributed by atoms with Gasteiger partial charge in [0.2, 0.25) is 0 Å². The first-order chi connectivity index (χ1) is 11.6. The number of hydrogen-bond acceptors (Lipinski definition) is 3. The Morgan fingerprint density at radius 1 is 1.12 bits per heavy atom. The van der Waals surface area contributed by atoms with Gasteiger partial charge in [-0.05, 0) is 56.2 Å². The largest absolute Gasteiger partial charge is 0.480 e. The van der Waals surface area contributed by atoms with E-state index in [-0.39, 0.29) is 20.6 Å². The Bertz CT molecular complexity index is 928. The zero-order valence-electron chi connectivity index (χ0n) is 13.8. The van der Waals surface area contributed by atoms with Crippen LogP contribution in [-0.2, 0) is 14.8 Å². The lowest BCUT2D eigenvalue weighted by Gasteiger charge is -2.30. The number of aryl methyl sites for hydroxylation is 2. The second-order valence-corrected chi connectivity index (χ2v) is 8.31. The summed E-state index contributed by atoms with van der Waals surface area (Å²) >= 11 is 12.0. The number of sulfonamides is 1. The predicted molar refractivity (Wildman–Crippen MR) is 99.1 cm³/mol. The number of nitrogens with zero attached hydrogens (tertiary/aromatic N) is 1. The maximum absolute atomic E-state index is 13.2. The van der Waals surface area contributed by atoms with Gasteiger partial charge in [-0.25, -0.2) is 13.2 Å². The minimum Gasteiger partial charge on any atom is -0.480 e. The Labute approximate surface area is 156 Å².